The number of imidazole rings is 1. The van der Waals surface area contributed by atoms with Crippen LogP contribution in [0.4, 0.5) is 5.95 Å². The van der Waals surface area contributed by atoms with Gasteiger partial charge >= 0.3 is 0 Å². The Kier molecular flexibility index (Phi) is 3.37. The number of fused-ring (bicyclic) bond motifs is 1. The summed E-state index contributed by atoms with van der Waals surface area (Å²) in [7, 11) is 0. The Labute approximate surface area is 132 Å². The van der Waals surface area contributed by atoms with Gasteiger partial charge in [0.05, 0.1) is 25.5 Å². The zero-order chi connectivity index (χ0) is 15.6. The molecule has 0 unspecified atom stereocenters. The molecule has 1 N–H and O–H groups in total. The van der Waals surface area contributed by atoms with Crippen molar-refractivity contribution in [3.8, 4) is 6.07 Å². The Morgan fingerprint density at radius 3 is 2.96 bits per heavy atom. The van der Waals surface area contributed by atoms with Crippen molar-refractivity contribution in [3.63, 3.8) is 0 Å². The third-order valence-corrected chi connectivity index (χ3v) is 3.91. The Morgan fingerprint density at radius 1 is 1.26 bits per heavy atom. The molecule has 1 atom stereocenters. The quantitative estimate of drug-likeness (QED) is 0.776. The molecule has 1 aliphatic rings. The SMILES string of the molecule is N#Cc1ncc2[nH]c(N3CCOC[C@H]3c3ccccc3)nc2n1. The molecule has 0 aliphatic carbocycles. The van der Waals surface area contributed by atoms with Crippen LogP contribution in [-0.4, -0.2) is 39.7 Å². The number of aromatic amines is 1. The second-order valence-corrected chi connectivity index (χ2v) is 5.30. The van der Waals surface area contributed by atoms with Gasteiger partial charge in [0.1, 0.15) is 11.6 Å². The lowest BCUT2D eigenvalue weighted by Crippen LogP contribution is -2.40. The predicted octanol–water partition coefficient (Wildman–Crippen LogP) is 1.80. The molecular weight excluding hydrogens is 292 g/mol. The Hall–Kier alpha value is -2.98. The minimum absolute atomic E-state index is 0.0916. The number of aromatic nitrogens is 4. The first kappa shape index (κ1) is 13.7. The van der Waals surface area contributed by atoms with Gasteiger partial charge in [-0.05, 0) is 5.56 Å². The highest BCUT2D eigenvalue weighted by atomic mass is 16.5. The highest BCUT2D eigenvalue weighted by molar-refractivity contribution is 5.73. The summed E-state index contributed by atoms with van der Waals surface area (Å²) in [6, 6.07) is 12.2. The van der Waals surface area contributed by atoms with E-state index in [9.17, 15) is 0 Å². The smallest absolute Gasteiger partial charge is 0.234 e. The first-order valence-corrected chi connectivity index (χ1v) is 7.37. The molecule has 1 fully saturated rings. The first-order chi connectivity index (χ1) is 11.3. The van der Waals surface area contributed by atoms with E-state index in [-0.39, 0.29) is 11.9 Å². The summed E-state index contributed by atoms with van der Waals surface area (Å²) in [4.78, 5) is 18.1. The third-order valence-electron chi connectivity index (χ3n) is 3.91. The number of hydrogen-bond donors (Lipinski definition) is 1. The molecule has 2 aromatic heterocycles. The highest BCUT2D eigenvalue weighted by Crippen LogP contribution is 2.28. The van der Waals surface area contributed by atoms with Gasteiger partial charge in [-0.3, -0.25) is 0 Å². The summed E-state index contributed by atoms with van der Waals surface area (Å²) < 4.78 is 5.64. The van der Waals surface area contributed by atoms with Gasteiger partial charge in [-0.1, -0.05) is 30.3 Å². The fourth-order valence-electron chi connectivity index (χ4n) is 2.79. The van der Waals surface area contributed by atoms with Gasteiger partial charge in [0, 0.05) is 6.54 Å². The van der Waals surface area contributed by atoms with Crippen LogP contribution in [0.2, 0.25) is 0 Å². The van der Waals surface area contributed by atoms with Gasteiger partial charge in [0.2, 0.25) is 11.8 Å². The van der Waals surface area contributed by atoms with Gasteiger partial charge in [-0.2, -0.15) is 15.2 Å². The Bertz CT molecular complexity index is 869. The van der Waals surface area contributed by atoms with Crippen LogP contribution in [-0.2, 0) is 4.74 Å². The average Bonchev–Trinajstić information content (AvgIpc) is 3.05. The maximum absolute atomic E-state index is 8.90. The lowest BCUT2D eigenvalue weighted by atomic mass is 10.1. The molecule has 114 valence electrons. The summed E-state index contributed by atoms with van der Waals surface area (Å²) in [5.74, 6) is 0.846. The molecule has 23 heavy (non-hydrogen) atoms. The molecule has 1 saturated heterocycles. The van der Waals surface area contributed by atoms with Crippen LogP contribution in [0.25, 0.3) is 11.2 Å². The number of H-pyrrole nitrogens is 1. The van der Waals surface area contributed by atoms with Crippen molar-refractivity contribution >= 4 is 17.1 Å². The van der Waals surface area contributed by atoms with Crippen molar-refractivity contribution in [1.29, 1.82) is 5.26 Å². The first-order valence-electron chi connectivity index (χ1n) is 7.37. The normalized spacial score (nSPS) is 18.0. The highest BCUT2D eigenvalue weighted by Gasteiger charge is 2.27. The van der Waals surface area contributed by atoms with E-state index < -0.39 is 0 Å². The van der Waals surface area contributed by atoms with Crippen LogP contribution in [0.5, 0.6) is 0 Å². The molecule has 3 heterocycles. The average molecular weight is 306 g/mol. The molecule has 0 radical (unpaired) electrons. The van der Waals surface area contributed by atoms with E-state index in [1.54, 1.807) is 6.20 Å². The van der Waals surface area contributed by atoms with Crippen LogP contribution in [0.3, 0.4) is 0 Å². The monoisotopic (exact) mass is 306 g/mol. The number of rotatable bonds is 2. The molecule has 3 aromatic rings. The zero-order valence-corrected chi connectivity index (χ0v) is 12.3. The molecule has 1 aromatic carbocycles. The molecule has 0 spiro atoms. The van der Waals surface area contributed by atoms with Crippen LogP contribution in [0.1, 0.15) is 17.4 Å². The molecule has 0 bridgehead atoms. The lowest BCUT2D eigenvalue weighted by Gasteiger charge is -2.35. The number of morpholine rings is 1. The fourth-order valence-corrected chi connectivity index (χ4v) is 2.79. The Balaban J connectivity index is 1.73. The van der Waals surface area contributed by atoms with Crippen molar-refractivity contribution in [2.75, 3.05) is 24.7 Å². The number of ether oxygens (including phenoxy) is 1. The van der Waals surface area contributed by atoms with E-state index >= 15 is 0 Å². The van der Waals surface area contributed by atoms with E-state index in [1.807, 2.05) is 24.3 Å². The van der Waals surface area contributed by atoms with Gasteiger partial charge in [0.15, 0.2) is 5.65 Å². The summed E-state index contributed by atoms with van der Waals surface area (Å²) in [6.45, 7) is 1.99. The lowest BCUT2D eigenvalue weighted by molar-refractivity contribution is 0.0934. The summed E-state index contributed by atoms with van der Waals surface area (Å²) in [5.41, 5.74) is 2.40. The van der Waals surface area contributed by atoms with Crippen molar-refractivity contribution in [1.82, 2.24) is 19.9 Å². The van der Waals surface area contributed by atoms with Crippen LogP contribution < -0.4 is 4.90 Å². The van der Waals surface area contributed by atoms with Crippen molar-refractivity contribution < 1.29 is 4.74 Å². The summed E-state index contributed by atoms with van der Waals surface area (Å²) >= 11 is 0. The maximum Gasteiger partial charge on any atom is 0.234 e. The molecule has 0 saturated carbocycles. The number of hydrogen-bond acceptors (Lipinski definition) is 6. The standard InChI is InChI=1S/C16H14N6O/c17-8-14-18-9-12-15(20-14)21-16(19-12)22-6-7-23-10-13(22)11-4-2-1-3-5-11/h1-5,9,13H,6-7,10H2,(H,18,19,20,21)/t13-/m0/s1. The van der Waals surface area contributed by atoms with Gasteiger partial charge < -0.3 is 14.6 Å². The molecule has 7 nitrogen and oxygen atoms in total. The van der Waals surface area contributed by atoms with Crippen LogP contribution in [0, 0.1) is 11.3 Å². The van der Waals surface area contributed by atoms with E-state index in [1.165, 1.54) is 5.56 Å². The second-order valence-electron chi connectivity index (χ2n) is 5.30. The number of nitriles is 1. The van der Waals surface area contributed by atoms with Gasteiger partial charge in [0.25, 0.3) is 0 Å². The Morgan fingerprint density at radius 2 is 2.13 bits per heavy atom. The third kappa shape index (κ3) is 2.49. The van der Waals surface area contributed by atoms with Crippen molar-refractivity contribution in [2.45, 2.75) is 6.04 Å². The van der Waals surface area contributed by atoms with Gasteiger partial charge in [-0.25, -0.2) is 4.98 Å². The molecule has 7 heteroatoms. The predicted molar refractivity (Wildman–Crippen MR) is 83.7 cm³/mol. The molecule has 4 rings (SSSR count). The van der Waals surface area contributed by atoms with E-state index in [4.69, 9.17) is 10.00 Å². The molecule has 0 amide bonds. The van der Waals surface area contributed by atoms with Crippen LogP contribution in [0.15, 0.2) is 36.5 Å². The number of anilines is 1. The van der Waals surface area contributed by atoms with Gasteiger partial charge in [-0.15, -0.1) is 0 Å². The zero-order valence-electron chi connectivity index (χ0n) is 12.3. The topological polar surface area (TPSA) is 90.7 Å². The second kappa shape index (κ2) is 5.66. The van der Waals surface area contributed by atoms with Crippen molar-refractivity contribution in [3.05, 3.63) is 47.9 Å². The van der Waals surface area contributed by atoms with Crippen molar-refractivity contribution in [2.24, 2.45) is 0 Å². The fraction of sp³-hybridized carbons (Fsp3) is 0.250. The minimum atomic E-state index is 0.0916. The van der Waals surface area contributed by atoms with E-state index in [0.29, 0.717) is 18.9 Å². The van der Waals surface area contributed by atoms with E-state index in [2.05, 4.69) is 37.0 Å². The number of nitrogens with one attached hydrogen (secondary N) is 1. The number of benzene rings is 1. The van der Waals surface area contributed by atoms with Crippen LogP contribution >= 0.6 is 0 Å². The molecule has 1 aliphatic heterocycles. The molecular formula is C16H14N6O. The largest absolute Gasteiger partial charge is 0.377 e. The number of nitrogens with zero attached hydrogens (tertiary/aromatic N) is 5. The maximum atomic E-state index is 8.90. The summed E-state index contributed by atoms with van der Waals surface area (Å²) in [6.07, 6.45) is 1.59. The minimum Gasteiger partial charge on any atom is -0.377 e. The summed E-state index contributed by atoms with van der Waals surface area (Å²) in [5, 5.41) is 8.90. The van der Waals surface area contributed by atoms with E-state index in [0.717, 1.165) is 18.0 Å².